The molecule has 194 valence electrons. The van der Waals surface area contributed by atoms with Crippen LogP contribution in [0, 0.1) is 6.92 Å². The van der Waals surface area contributed by atoms with Gasteiger partial charge in [0.25, 0.3) is 11.1 Å². The van der Waals surface area contributed by atoms with Gasteiger partial charge in [-0.15, -0.1) is 5.10 Å². The van der Waals surface area contributed by atoms with Crippen molar-refractivity contribution in [2.24, 2.45) is 0 Å². The molecule has 0 amide bonds. The number of anilines is 3. The first-order chi connectivity index (χ1) is 17.8. The van der Waals surface area contributed by atoms with Gasteiger partial charge in [0.15, 0.2) is 11.5 Å². The van der Waals surface area contributed by atoms with Crippen molar-refractivity contribution < 1.29 is 0 Å². The second-order valence-electron chi connectivity index (χ2n) is 9.75. The number of nitrogens with one attached hydrogen (secondary N) is 1. The Bertz CT molecular complexity index is 1560. The van der Waals surface area contributed by atoms with Crippen molar-refractivity contribution in [3.05, 3.63) is 62.8 Å². The Kier molecular flexibility index (Phi) is 6.55. The van der Waals surface area contributed by atoms with Gasteiger partial charge in [-0.1, -0.05) is 0 Å². The lowest BCUT2D eigenvalue weighted by atomic mass is 10.1. The van der Waals surface area contributed by atoms with E-state index in [1.807, 2.05) is 26.8 Å². The number of piperazine rings is 1. The molecule has 4 aromatic rings. The number of nitrogens with zero attached hydrogens (tertiary/aromatic N) is 8. The summed E-state index contributed by atoms with van der Waals surface area (Å²) in [5.74, 6) is 0.817. The number of aromatic nitrogens is 6. The van der Waals surface area contributed by atoms with Crippen LogP contribution in [0.5, 0.6) is 0 Å². The fourth-order valence-electron chi connectivity index (χ4n) is 4.77. The van der Waals surface area contributed by atoms with E-state index in [4.69, 9.17) is 4.98 Å². The van der Waals surface area contributed by atoms with Crippen LogP contribution >= 0.6 is 0 Å². The summed E-state index contributed by atoms with van der Waals surface area (Å²) in [7, 11) is 2.15. The Morgan fingerprint density at radius 2 is 1.81 bits per heavy atom. The molecule has 5 rings (SSSR count). The van der Waals surface area contributed by atoms with Crippen LogP contribution in [0.25, 0.3) is 16.9 Å². The third kappa shape index (κ3) is 4.62. The second kappa shape index (κ2) is 9.81. The molecule has 3 aromatic heterocycles. The van der Waals surface area contributed by atoms with Crippen molar-refractivity contribution in [3.8, 4) is 5.82 Å². The number of aryl methyl sites for hydroxylation is 1. The SMILES string of the molecule is CCn1c(=O)c2cnc(Nc3ccc(N4CCN(C)CC4)c(C)c3)nc2n1-c1ccc(=O)n(C(C)C)n1. The summed E-state index contributed by atoms with van der Waals surface area (Å²) in [5.41, 5.74) is 3.29. The van der Waals surface area contributed by atoms with Crippen molar-refractivity contribution in [2.75, 3.05) is 43.4 Å². The van der Waals surface area contributed by atoms with Gasteiger partial charge in [0.1, 0.15) is 5.39 Å². The van der Waals surface area contributed by atoms with Gasteiger partial charge in [-0.25, -0.2) is 19.0 Å². The van der Waals surface area contributed by atoms with Crippen LogP contribution in [0.3, 0.4) is 0 Å². The molecule has 1 fully saturated rings. The van der Waals surface area contributed by atoms with Crippen LogP contribution in [0.2, 0.25) is 0 Å². The fraction of sp³-hybridized carbons (Fsp3) is 0.423. The van der Waals surface area contributed by atoms with Crippen molar-refractivity contribution >= 4 is 28.4 Å². The predicted octanol–water partition coefficient (Wildman–Crippen LogP) is 2.54. The lowest BCUT2D eigenvalue weighted by molar-refractivity contribution is 0.312. The van der Waals surface area contributed by atoms with Crippen LogP contribution in [-0.2, 0) is 6.54 Å². The number of hydrogen-bond acceptors (Lipinski definition) is 8. The molecule has 0 unspecified atom stereocenters. The minimum Gasteiger partial charge on any atom is -0.369 e. The maximum atomic E-state index is 13.1. The number of benzene rings is 1. The van der Waals surface area contributed by atoms with E-state index in [1.54, 1.807) is 21.6 Å². The van der Waals surface area contributed by atoms with Crippen LogP contribution in [-0.4, -0.2) is 67.2 Å². The zero-order valence-electron chi connectivity index (χ0n) is 22.0. The first kappa shape index (κ1) is 24.7. The molecule has 1 N–H and O–H groups in total. The van der Waals surface area contributed by atoms with Crippen LogP contribution in [0.15, 0.2) is 46.1 Å². The molecule has 0 spiro atoms. The topological polar surface area (TPSA) is 106 Å². The molecule has 11 nitrogen and oxygen atoms in total. The Hall–Kier alpha value is -3.99. The van der Waals surface area contributed by atoms with Gasteiger partial charge in [-0.05, 0) is 64.6 Å². The van der Waals surface area contributed by atoms with E-state index in [0.29, 0.717) is 29.3 Å². The zero-order chi connectivity index (χ0) is 26.3. The summed E-state index contributed by atoms with van der Waals surface area (Å²) in [4.78, 5) is 39.2. The van der Waals surface area contributed by atoms with Gasteiger partial charge in [0.2, 0.25) is 5.95 Å². The maximum absolute atomic E-state index is 13.1. The van der Waals surface area contributed by atoms with E-state index in [1.165, 1.54) is 22.0 Å². The van der Waals surface area contributed by atoms with Gasteiger partial charge in [-0.3, -0.25) is 9.59 Å². The normalized spacial score (nSPS) is 14.6. The van der Waals surface area contributed by atoms with E-state index in [2.05, 4.69) is 51.3 Å². The third-order valence-electron chi connectivity index (χ3n) is 6.79. The van der Waals surface area contributed by atoms with Crippen LogP contribution in [0.4, 0.5) is 17.3 Å². The highest BCUT2D eigenvalue weighted by Gasteiger charge is 2.19. The van der Waals surface area contributed by atoms with Crippen molar-refractivity contribution in [3.63, 3.8) is 0 Å². The summed E-state index contributed by atoms with van der Waals surface area (Å²) < 4.78 is 4.61. The molecule has 37 heavy (non-hydrogen) atoms. The first-order valence-corrected chi connectivity index (χ1v) is 12.7. The summed E-state index contributed by atoms with van der Waals surface area (Å²) in [6, 6.07) is 9.19. The highest BCUT2D eigenvalue weighted by Crippen LogP contribution is 2.26. The highest BCUT2D eigenvalue weighted by molar-refractivity contribution is 5.77. The second-order valence-corrected chi connectivity index (χ2v) is 9.75. The molecule has 0 atom stereocenters. The largest absolute Gasteiger partial charge is 0.369 e. The van der Waals surface area contributed by atoms with Gasteiger partial charge >= 0.3 is 0 Å². The minimum absolute atomic E-state index is 0.125. The zero-order valence-corrected chi connectivity index (χ0v) is 22.0. The fourth-order valence-corrected chi connectivity index (χ4v) is 4.77. The predicted molar refractivity (Wildman–Crippen MR) is 145 cm³/mol. The molecule has 0 bridgehead atoms. The van der Waals surface area contributed by atoms with Crippen LogP contribution in [0.1, 0.15) is 32.4 Å². The third-order valence-corrected chi connectivity index (χ3v) is 6.79. The summed E-state index contributed by atoms with van der Waals surface area (Å²) in [5, 5.41) is 8.19. The standard InChI is InChI=1S/C26H33N9O2/c1-6-33-25(37)20-16-27-26(29-24(20)35(33)22-9-10-23(36)34(30-22)17(2)3)28-19-7-8-21(18(4)15-19)32-13-11-31(5)12-14-32/h7-10,15-17H,6,11-14H2,1-5H3,(H,27,28,29). The van der Waals surface area contributed by atoms with E-state index in [0.717, 1.165) is 31.9 Å². The minimum atomic E-state index is -0.208. The summed E-state index contributed by atoms with van der Waals surface area (Å²) >= 11 is 0. The van der Waals surface area contributed by atoms with Gasteiger partial charge < -0.3 is 15.1 Å². The molecule has 1 aliphatic rings. The molecule has 1 aromatic carbocycles. The molecule has 0 aliphatic carbocycles. The van der Waals surface area contributed by atoms with Crippen molar-refractivity contribution in [1.82, 2.24) is 34.0 Å². The van der Waals surface area contributed by atoms with Gasteiger partial charge in [-0.2, -0.15) is 4.98 Å². The monoisotopic (exact) mass is 503 g/mol. The smallest absolute Gasteiger partial charge is 0.278 e. The number of hydrogen-bond donors (Lipinski definition) is 1. The highest BCUT2D eigenvalue weighted by atomic mass is 16.1. The number of rotatable bonds is 6. The quantitative estimate of drug-likeness (QED) is 0.428. The Morgan fingerprint density at radius 1 is 1.05 bits per heavy atom. The van der Waals surface area contributed by atoms with Gasteiger partial charge in [0, 0.05) is 56.4 Å². The lowest BCUT2D eigenvalue weighted by Crippen LogP contribution is -2.44. The first-order valence-electron chi connectivity index (χ1n) is 12.7. The molecule has 0 saturated carbocycles. The molecule has 1 aliphatic heterocycles. The molecule has 4 heterocycles. The summed E-state index contributed by atoms with van der Waals surface area (Å²) in [6.07, 6.45) is 1.54. The van der Waals surface area contributed by atoms with Gasteiger partial charge in [0.05, 0.1) is 6.04 Å². The van der Waals surface area contributed by atoms with Crippen molar-refractivity contribution in [2.45, 2.75) is 40.3 Å². The van der Waals surface area contributed by atoms with E-state index >= 15 is 0 Å². The molecule has 11 heteroatoms. The van der Waals surface area contributed by atoms with Crippen molar-refractivity contribution in [1.29, 1.82) is 0 Å². The molecule has 0 radical (unpaired) electrons. The summed E-state index contributed by atoms with van der Waals surface area (Å²) in [6.45, 7) is 12.3. The Morgan fingerprint density at radius 3 is 2.49 bits per heavy atom. The average molecular weight is 504 g/mol. The Labute approximate surface area is 215 Å². The molecular weight excluding hydrogens is 470 g/mol. The van der Waals surface area contributed by atoms with E-state index in [-0.39, 0.29) is 17.2 Å². The number of likely N-dealkylation sites (N-methyl/N-ethyl adjacent to an activating group) is 1. The maximum Gasteiger partial charge on any atom is 0.278 e. The molecular formula is C26H33N9O2. The molecule has 1 saturated heterocycles. The lowest BCUT2D eigenvalue weighted by Gasteiger charge is -2.35. The Balaban J connectivity index is 1.51. The van der Waals surface area contributed by atoms with Crippen LogP contribution < -0.4 is 21.3 Å². The van der Waals surface area contributed by atoms with E-state index < -0.39 is 0 Å². The number of fused-ring (bicyclic) bond motifs is 1. The van der Waals surface area contributed by atoms with E-state index in [9.17, 15) is 9.59 Å². The average Bonchev–Trinajstić information content (AvgIpc) is 3.16.